The van der Waals surface area contributed by atoms with E-state index >= 15 is 0 Å². The van der Waals surface area contributed by atoms with Crippen molar-refractivity contribution in [3.63, 3.8) is 0 Å². The normalized spacial score (nSPS) is 10.3. The van der Waals surface area contributed by atoms with Gasteiger partial charge in [0.25, 0.3) is 0 Å². The van der Waals surface area contributed by atoms with Crippen LogP contribution in [-0.4, -0.2) is 4.98 Å². The number of benzene rings is 1. The lowest BCUT2D eigenvalue weighted by molar-refractivity contribution is 0.281. The third-order valence-corrected chi connectivity index (χ3v) is 2.60. The lowest BCUT2D eigenvalue weighted by Crippen LogP contribution is -2.02. The van der Waals surface area contributed by atoms with Gasteiger partial charge in [0.15, 0.2) is 0 Å². The summed E-state index contributed by atoms with van der Waals surface area (Å²) < 4.78 is 32.5. The summed E-state index contributed by atoms with van der Waals surface area (Å²) in [6.45, 7) is -0.187. The molecular formula is C12H8BrF2NO. The van der Waals surface area contributed by atoms with E-state index in [1.165, 1.54) is 18.2 Å². The van der Waals surface area contributed by atoms with Crippen LogP contribution in [0.2, 0.25) is 0 Å². The van der Waals surface area contributed by atoms with Gasteiger partial charge in [0.1, 0.15) is 18.2 Å². The van der Waals surface area contributed by atoms with E-state index in [1.54, 1.807) is 18.3 Å². The molecule has 0 aliphatic carbocycles. The predicted octanol–water partition coefficient (Wildman–Crippen LogP) is 3.70. The zero-order valence-corrected chi connectivity index (χ0v) is 10.2. The van der Waals surface area contributed by atoms with Crippen LogP contribution in [0.3, 0.4) is 0 Å². The molecule has 88 valence electrons. The highest BCUT2D eigenvalue weighted by Gasteiger charge is 2.09. The van der Waals surface area contributed by atoms with Crippen LogP contribution >= 0.6 is 15.9 Å². The molecule has 0 amide bonds. The topological polar surface area (TPSA) is 22.1 Å². The van der Waals surface area contributed by atoms with Crippen molar-refractivity contribution in [1.29, 1.82) is 0 Å². The average Bonchev–Trinajstić information content (AvgIpc) is 2.31. The van der Waals surface area contributed by atoms with E-state index in [4.69, 9.17) is 4.74 Å². The van der Waals surface area contributed by atoms with Crippen LogP contribution in [-0.2, 0) is 6.61 Å². The summed E-state index contributed by atoms with van der Waals surface area (Å²) in [4.78, 5) is 3.94. The molecule has 0 radical (unpaired) electrons. The Morgan fingerprint density at radius 3 is 2.41 bits per heavy atom. The van der Waals surface area contributed by atoms with Gasteiger partial charge in [-0.2, -0.15) is 0 Å². The third kappa shape index (κ3) is 3.00. The number of rotatable bonds is 3. The second-order valence-electron chi connectivity index (χ2n) is 3.30. The van der Waals surface area contributed by atoms with Crippen LogP contribution in [0.15, 0.2) is 41.0 Å². The molecule has 17 heavy (non-hydrogen) atoms. The van der Waals surface area contributed by atoms with Gasteiger partial charge in [-0.25, -0.2) is 13.8 Å². The first kappa shape index (κ1) is 12.0. The minimum absolute atomic E-state index is 0.0998. The molecule has 0 saturated heterocycles. The van der Waals surface area contributed by atoms with E-state index in [0.717, 1.165) is 4.47 Å². The molecule has 2 aromatic rings. The SMILES string of the molecule is Fc1cccc(F)c1COc1ccc(Br)cn1. The number of hydrogen-bond acceptors (Lipinski definition) is 2. The Kier molecular flexibility index (Phi) is 3.68. The second kappa shape index (κ2) is 5.23. The summed E-state index contributed by atoms with van der Waals surface area (Å²) in [5.74, 6) is -0.930. The summed E-state index contributed by atoms with van der Waals surface area (Å²) >= 11 is 3.23. The molecule has 2 nitrogen and oxygen atoms in total. The van der Waals surface area contributed by atoms with Gasteiger partial charge in [0.05, 0.1) is 5.56 Å². The van der Waals surface area contributed by atoms with Gasteiger partial charge in [-0.3, -0.25) is 0 Å². The lowest BCUT2D eigenvalue weighted by Gasteiger charge is -2.07. The van der Waals surface area contributed by atoms with Crippen LogP contribution in [0, 0.1) is 11.6 Å². The van der Waals surface area contributed by atoms with E-state index in [-0.39, 0.29) is 12.2 Å². The predicted molar refractivity (Wildman–Crippen MR) is 62.6 cm³/mol. The Hall–Kier alpha value is -1.49. The number of nitrogens with zero attached hydrogens (tertiary/aromatic N) is 1. The second-order valence-corrected chi connectivity index (χ2v) is 4.22. The molecule has 2 rings (SSSR count). The summed E-state index contributed by atoms with van der Waals surface area (Å²) in [5, 5.41) is 0. The fraction of sp³-hybridized carbons (Fsp3) is 0.0833. The van der Waals surface area contributed by atoms with Gasteiger partial charge < -0.3 is 4.74 Å². The number of pyridine rings is 1. The van der Waals surface area contributed by atoms with E-state index < -0.39 is 11.6 Å². The largest absolute Gasteiger partial charge is 0.473 e. The molecule has 0 bridgehead atoms. The van der Waals surface area contributed by atoms with Gasteiger partial charge in [0.2, 0.25) is 5.88 Å². The standard InChI is InChI=1S/C12H8BrF2NO/c13-8-4-5-12(16-6-8)17-7-9-10(14)2-1-3-11(9)15/h1-6H,7H2. The van der Waals surface area contributed by atoms with E-state index in [0.29, 0.717) is 5.88 Å². The molecule has 5 heteroatoms. The number of halogens is 3. The number of hydrogen-bond donors (Lipinski definition) is 0. The molecule has 0 aliphatic heterocycles. The fourth-order valence-corrected chi connectivity index (χ4v) is 1.50. The molecule has 0 spiro atoms. The van der Waals surface area contributed by atoms with E-state index in [2.05, 4.69) is 20.9 Å². The molecule has 1 aromatic carbocycles. The molecule has 0 unspecified atom stereocenters. The van der Waals surface area contributed by atoms with Crippen molar-refractivity contribution >= 4 is 15.9 Å². The van der Waals surface area contributed by atoms with Crippen LogP contribution < -0.4 is 4.74 Å². The first-order valence-electron chi connectivity index (χ1n) is 4.84. The molecule has 0 atom stereocenters. The fourth-order valence-electron chi connectivity index (χ4n) is 1.26. The highest BCUT2D eigenvalue weighted by Crippen LogP contribution is 2.16. The molecule has 0 saturated carbocycles. The van der Waals surface area contributed by atoms with Gasteiger partial charge in [0, 0.05) is 16.7 Å². The minimum atomic E-state index is -0.623. The van der Waals surface area contributed by atoms with Crippen molar-refractivity contribution in [2.75, 3.05) is 0 Å². The van der Waals surface area contributed by atoms with Crippen molar-refractivity contribution in [3.05, 3.63) is 58.2 Å². The molecule has 1 heterocycles. The zero-order valence-electron chi connectivity index (χ0n) is 8.66. The maximum Gasteiger partial charge on any atom is 0.213 e. The Labute approximate surface area is 105 Å². The van der Waals surface area contributed by atoms with Crippen molar-refractivity contribution < 1.29 is 13.5 Å². The molecule has 0 fully saturated rings. The highest BCUT2D eigenvalue weighted by molar-refractivity contribution is 9.10. The van der Waals surface area contributed by atoms with Crippen LogP contribution in [0.25, 0.3) is 0 Å². The zero-order chi connectivity index (χ0) is 12.3. The van der Waals surface area contributed by atoms with Crippen molar-refractivity contribution in [1.82, 2.24) is 4.98 Å². The first-order valence-corrected chi connectivity index (χ1v) is 5.63. The summed E-state index contributed by atoms with van der Waals surface area (Å²) in [5.41, 5.74) is -0.0998. The third-order valence-electron chi connectivity index (χ3n) is 2.13. The quantitative estimate of drug-likeness (QED) is 0.862. The first-order chi connectivity index (χ1) is 8.16. The number of aromatic nitrogens is 1. The molecule has 1 aromatic heterocycles. The van der Waals surface area contributed by atoms with Crippen LogP contribution in [0.5, 0.6) is 5.88 Å². The Morgan fingerprint density at radius 2 is 1.82 bits per heavy atom. The highest BCUT2D eigenvalue weighted by atomic mass is 79.9. The maximum atomic E-state index is 13.3. The Bertz CT molecular complexity index is 496. The Morgan fingerprint density at radius 1 is 1.12 bits per heavy atom. The monoisotopic (exact) mass is 299 g/mol. The summed E-state index contributed by atoms with van der Waals surface area (Å²) in [7, 11) is 0. The van der Waals surface area contributed by atoms with Gasteiger partial charge in [-0.1, -0.05) is 6.07 Å². The lowest BCUT2D eigenvalue weighted by atomic mass is 10.2. The van der Waals surface area contributed by atoms with E-state index in [9.17, 15) is 8.78 Å². The summed E-state index contributed by atoms with van der Waals surface area (Å²) in [6.07, 6.45) is 1.55. The minimum Gasteiger partial charge on any atom is -0.473 e. The number of ether oxygens (including phenoxy) is 1. The smallest absolute Gasteiger partial charge is 0.213 e. The molecular weight excluding hydrogens is 292 g/mol. The van der Waals surface area contributed by atoms with Crippen molar-refractivity contribution in [2.45, 2.75) is 6.61 Å². The molecule has 0 N–H and O–H groups in total. The van der Waals surface area contributed by atoms with Crippen LogP contribution in [0.1, 0.15) is 5.56 Å². The van der Waals surface area contributed by atoms with Crippen molar-refractivity contribution in [3.8, 4) is 5.88 Å². The van der Waals surface area contributed by atoms with Gasteiger partial charge in [-0.15, -0.1) is 0 Å². The summed E-state index contributed by atoms with van der Waals surface area (Å²) in [6, 6.07) is 7.04. The Balaban J connectivity index is 2.10. The van der Waals surface area contributed by atoms with E-state index in [1.807, 2.05) is 0 Å². The van der Waals surface area contributed by atoms with Gasteiger partial charge >= 0.3 is 0 Å². The maximum absolute atomic E-state index is 13.3. The van der Waals surface area contributed by atoms with Gasteiger partial charge in [-0.05, 0) is 34.1 Å². The van der Waals surface area contributed by atoms with Crippen LogP contribution in [0.4, 0.5) is 8.78 Å². The van der Waals surface area contributed by atoms with Crippen molar-refractivity contribution in [2.24, 2.45) is 0 Å². The average molecular weight is 300 g/mol. The molecule has 0 aliphatic rings.